The van der Waals surface area contributed by atoms with Crippen molar-refractivity contribution < 1.29 is 12.8 Å². The number of furan rings is 1. The summed E-state index contributed by atoms with van der Waals surface area (Å²) < 4.78 is 32.7. The van der Waals surface area contributed by atoms with E-state index < -0.39 is 10.0 Å². The minimum atomic E-state index is -3.62. The van der Waals surface area contributed by atoms with Gasteiger partial charge >= 0.3 is 0 Å². The number of H-pyrrole nitrogens is 1. The van der Waals surface area contributed by atoms with E-state index in [-0.39, 0.29) is 16.3 Å². The van der Waals surface area contributed by atoms with Crippen LogP contribution in [0.25, 0.3) is 10.4 Å². The number of rotatable bonds is 6. The van der Waals surface area contributed by atoms with Gasteiger partial charge in [0.15, 0.2) is 0 Å². The topological polar surface area (TPSA) is 92.2 Å². The molecule has 3 rings (SSSR count). The molecule has 0 aliphatic heterocycles. The van der Waals surface area contributed by atoms with Crippen molar-refractivity contribution in [1.82, 2.24) is 9.71 Å². The normalized spacial score (nSPS) is 11.8. The Kier molecular flexibility index (Phi) is 4.94. The van der Waals surface area contributed by atoms with Gasteiger partial charge in [0, 0.05) is 21.7 Å². The Bertz CT molecular complexity index is 1030. The zero-order valence-corrected chi connectivity index (χ0v) is 15.5. The largest absolute Gasteiger partial charge is 0.468 e. The van der Waals surface area contributed by atoms with Gasteiger partial charge in [-0.2, -0.15) is 0 Å². The van der Waals surface area contributed by atoms with Crippen molar-refractivity contribution in [3.8, 4) is 10.4 Å². The monoisotopic (exact) mass is 378 g/mol. The van der Waals surface area contributed by atoms with Gasteiger partial charge in [-0.1, -0.05) is 6.92 Å². The van der Waals surface area contributed by atoms with Crippen LogP contribution in [0.15, 0.2) is 50.0 Å². The van der Waals surface area contributed by atoms with Gasteiger partial charge in [0.05, 0.1) is 12.8 Å². The third kappa shape index (κ3) is 3.76. The average molecular weight is 378 g/mol. The molecule has 25 heavy (non-hydrogen) atoms. The number of pyridine rings is 1. The molecule has 0 atom stereocenters. The summed E-state index contributed by atoms with van der Waals surface area (Å²) in [5, 5.41) is 0. The Morgan fingerprint density at radius 3 is 2.76 bits per heavy atom. The van der Waals surface area contributed by atoms with Crippen molar-refractivity contribution in [2.45, 2.75) is 31.0 Å². The Labute approximate surface area is 149 Å². The molecular formula is C17H18N2O4S2. The highest BCUT2D eigenvalue weighted by atomic mass is 32.2. The molecule has 0 bridgehead atoms. The van der Waals surface area contributed by atoms with Crippen molar-refractivity contribution in [2.24, 2.45) is 0 Å². The van der Waals surface area contributed by atoms with Crippen LogP contribution in [0, 0.1) is 6.92 Å². The summed E-state index contributed by atoms with van der Waals surface area (Å²) in [5.41, 5.74) is 2.13. The van der Waals surface area contributed by atoms with Crippen LogP contribution >= 0.6 is 11.3 Å². The van der Waals surface area contributed by atoms with E-state index in [4.69, 9.17) is 4.42 Å². The summed E-state index contributed by atoms with van der Waals surface area (Å²) in [6.07, 6.45) is 2.11. The third-order valence-electron chi connectivity index (χ3n) is 3.82. The van der Waals surface area contributed by atoms with E-state index in [0.29, 0.717) is 17.7 Å². The van der Waals surface area contributed by atoms with Gasteiger partial charge in [-0.25, -0.2) is 13.1 Å². The molecule has 0 saturated carbocycles. The highest BCUT2D eigenvalue weighted by Crippen LogP contribution is 2.32. The first-order valence-electron chi connectivity index (χ1n) is 7.75. The fraction of sp³-hybridized carbons (Fsp3) is 0.235. The smallest absolute Gasteiger partial charge is 0.251 e. The fourth-order valence-corrected chi connectivity index (χ4v) is 4.86. The molecule has 0 fully saturated rings. The quantitative estimate of drug-likeness (QED) is 0.689. The minimum Gasteiger partial charge on any atom is -0.468 e. The molecule has 2 N–H and O–H groups in total. The zero-order valence-electron chi connectivity index (χ0n) is 13.8. The maximum atomic E-state index is 12.4. The van der Waals surface area contributed by atoms with Crippen LogP contribution in [0.4, 0.5) is 0 Å². The van der Waals surface area contributed by atoms with Crippen LogP contribution < -0.4 is 10.3 Å². The molecule has 0 amide bonds. The van der Waals surface area contributed by atoms with E-state index in [1.54, 1.807) is 31.2 Å². The molecule has 0 spiro atoms. The van der Waals surface area contributed by atoms with Crippen molar-refractivity contribution in [3.63, 3.8) is 0 Å². The van der Waals surface area contributed by atoms with E-state index in [1.807, 2.05) is 13.0 Å². The molecule has 0 aliphatic carbocycles. The molecule has 8 heteroatoms. The van der Waals surface area contributed by atoms with Crippen LogP contribution in [0.5, 0.6) is 0 Å². The number of sulfonamides is 1. The second-order valence-electron chi connectivity index (χ2n) is 5.54. The van der Waals surface area contributed by atoms with E-state index >= 15 is 0 Å². The second-order valence-corrected chi connectivity index (χ2v) is 8.62. The Morgan fingerprint density at radius 1 is 1.28 bits per heavy atom. The van der Waals surface area contributed by atoms with Crippen molar-refractivity contribution in [1.29, 1.82) is 0 Å². The predicted molar refractivity (Wildman–Crippen MR) is 97.2 cm³/mol. The lowest BCUT2D eigenvalue weighted by atomic mass is 10.1. The summed E-state index contributed by atoms with van der Waals surface area (Å²) in [6.45, 7) is 3.81. The Balaban J connectivity index is 1.88. The van der Waals surface area contributed by atoms with E-state index in [9.17, 15) is 13.2 Å². The number of aryl methyl sites for hydroxylation is 2. The first-order valence-corrected chi connectivity index (χ1v) is 10.1. The number of hydrogen-bond acceptors (Lipinski definition) is 5. The lowest BCUT2D eigenvalue weighted by Gasteiger charge is -2.06. The van der Waals surface area contributed by atoms with Gasteiger partial charge in [-0.3, -0.25) is 4.79 Å². The molecule has 3 aromatic heterocycles. The fourth-order valence-electron chi connectivity index (χ4n) is 2.44. The van der Waals surface area contributed by atoms with E-state index in [0.717, 1.165) is 16.1 Å². The third-order valence-corrected chi connectivity index (χ3v) is 6.84. The lowest BCUT2D eigenvalue weighted by molar-refractivity contribution is 0.499. The van der Waals surface area contributed by atoms with Gasteiger partial charge in [0.2, 0.25) is 10.0 Å². The first kappa shape index (κ1) is 17.7. The van der Waals surface area contributed by atoms with Gasteiger partial charge < -0.3 is 9.40 Å². The number of thiophene rings is 1. The number of hydrogen-bond donors (Lipinski definition) is 2. The minimum absolute atomic E-state index is 0.0975. The Hall–Kier alpha value is -2.16. The highest BCUT2D eigenvalue weighted by Gasteiger charge is 2.18. The molecule has 0 radical (unpaired) electrons. The van der Waals surface area contributed by atoms with Gasteiger partial charge in [-0.05, 0) is 43.7 Å². The van der Waals surface area contributed by atoms with Crippen molar-refractivity contribution >= 4 is 21.4 Å². The van der Waals surface area contributed by atoms with Crippen molar-refractivity contribution in [3.05, 3.63) is 64.0 Å². The second kappa shape index (κ2) is 6.99. The van der Waals surface area contributed by atoms with Crippen LogP contribution in [0.1, 0.15) is 23.9 Å². The SMILES string of the molecule is CCc1cc(-c2ccc(S(=O)(=O)NCc3ccco3)s2)c(C)[nH]c1=O. The summed E-state index contributed by atoms with van der Waals surface area (Å²) >= 11 is 1.17. The summed E-state index contributed by atoms with van der Waals surface area (Å²) in [5.74, 6) is 0.546. The molecule has 0 aromatic carbocycles. The molecule has 6 nitrogen and oxygen atoms in total. The summed E-state index contributed by atoms with van der Waals surface area (Å²) in [7, 11) is -3.62. The predicted octanol–water partition coefficient (Wildman–Crippen LogP) is 3.05. The standard InChI is InChI=1S/C17H18N2O4S2/c1-3-12-9-14(11(2)19-17(12)20)15-6-7-16(24-15)25(21,22)18-10-13-5-4-8-23-13/h4-9,18H,3,10H2,1-2H3,(H,19,20). The number of nitrogens with one attached hydrogen (secondary N) is 2. The zero-order chi connectivity index (χ0) is 18.0. The molecular weight excluding hydrogens is 360 g/mol. The molecule has 3 heterocycles. The van der Waals surface area contributed by atoms with Crippen LogP contribution in [0.3, 0.4) is 0 Å². The Morgan fingerprint density at radius 2 is 2.08 bits per heavy atom. The van der Waals surface area contributed by atoms with Gasteiger partial charge in [0.1, 0.15) is 9.97 Å². The molecule has 3 aromatic rings. The highest BCUT2D eigenvalue weighted by molar-refractivity contribution is 7.91. The molecule has 0 aliphatic rings. The van der Waals surface area contributed by atoms with Gasteiger partial charge in [0.25, 0.3) is 5.56 Å². The maximum absolute atomic E-state index is 12.4. The van der Waals surface area contributed by atoms with Crippen LogP contribution in [-0.2, 0) is 23.0 Å². The van der Waals surface area contributed by atoms with E-state index in [2.05, 4.69) is 9.71 Å². The van der Waals surface area contributed by atoms with Crippen molar-refractivity contribution in [2.75, 3.05) is 0 Å². The van der Waals surface area contributed by atoms with Gasteiger partial charge in [-0.15, -0.1) is 11.3 Å². The summed E-state index contributed by atoms with van der Waals surface area (Å²) in [4.78, 5) is 15.5. The maximum Gasteiger partial charge on any atom is 0.251 e. The lowest BCUT2D eigenvalue weighted by Crippen LogP contribution is -2.22. The molecule has 0 saturated heterocycles. The summed E-state index contributed by atoms with van der Waals surface area (Å²) in [6, 6.07) is 8.56. The molecule has 0 unspecified atom stereocenters. The first-order chi connectivity index (χ1) is 11.9. The van der Waals surface area contributed by atoms with Crippen LogP contribution in [0.2, 0.25) is 0 Å². The van der Waals surface area contributed by atoms with E-state index in [1.165, 1.54) is 17.6 Å². The number of aromatic nitrogens is 1. The average Bonchev–Trinajstić information content (AvgIpc) is 3.25. The van der Waals surface area contributed by atoms with Crippen LogP contribution in [-0.4, -0.2) is 13.4 Å². The number of aromatic amines is 1. The molecule has 132 valence electrons.